The highest BCUT2D eigenvalue weighted by Crippen LogP contribution is 2.27. The second kappa shape index (κ2) is 8.72. The molecule has 7 nitrogen and oxygen atoms in total. The van der Waals surface area contributed by atoms with Crippen molar-refractivity contribution in [3.8, 4) is 5.75 Å². The molecule has 1 N–H and O–H groups in total. The average molecular weight is 300 g/mol. The standard InChI is InChI=1S/C12H14F2N4O3/c1-20-11(19)10(16-6-7-17-18-15)8-4-2-3-5-9(8)21-12(13)14/h2-5,10,12,16H,6-7H2,1H3. The predicted molar refractivity (Wildman–Crippen MR) is 69.8 cm³/mol. The second-order valence-corrected chi connectivity index (χ2v) is 3.78. The van der Waals surface area contributed by atoms with Crippen LogP contribution in [0.2, 0.25) is 0 Å². The number of nitrogens with zero attached hydrogens (tertiary/aromatic N) is 3. The van der Waals surface area contributed by atoms with E-state index in [1.807, 2.05) is 0 Å². The Labute approximate surface area is 119 Å². The first kappa shape index (κ1) is 16.7. The van der Waals surface area contributed by atoms with Gasteiger partial charge in [0.15, 0.2) is 0 Å². The number of nitrogens with one attached hydrogen (secondary N) is 1. The fourth-order valence-electron chi connectivity index (χ4n) is 1.66. The summed E-state index contributed by atoms with van der Waals surface area (Å²) in [6, 6.07) is 4.89. The van der Waals surface area contributed by atoms with Gasteiger partial charge in [0.05, 0.1) is 7.11 Å². The molecule has 114 valence electrons. The van der Waals surface area contributed by atoms with Gasteiger partial charge in [0.1, 0.15) is 11.8 Å². The van der Waals surface area contributed by atoms with Crippen molar-refractivity contribution < 1.29 is 23.0 Å². The summed E-state index contributed by atoms with van der Waals surface area (Å²) in [5.41, 5.74) is 8.40. The first-order valence-electron chi connectivity index (χ1n) is 5.96. The molecule has 0 amide bonds. The Morgan fingerprint density at radius 1 is 1.48 bits per heavy atom. The number of ether oxygens (including phenoxy) is 2. The molecule has 0 radical (unpaired) electrons. The van der Waals surface area contributed by atoms with Gasteiger partial charge < -0.3 is 14.8 Å². The van der Waals surface area contributed by atoms with Crippen molar-refractivity contribution in [2.24, 2.45) is 5.11 Å². The zero-order valence-corrected chi connectivity index (χ0v) is 11.2. The SMILES string of the molecule is COC(=O)C(NCCN=[N+]=[N-])c1ccccc1OC(F)F. The zero-order chi connectivity index (χ0) is 15.7. The minimum atomic E-state index is -3.01. The molecule has 0 aromatic heterocycles. The van der Waals surface area contributed by atoms with Gasteiger partial charge in [-0.15, -0.1) is 0 Å². The van der Waals surface area contributed by atoms with Crippen LogP contribution in [0.15, 0.2) is 29.4 Å². The number of esters is 1. The lowest BCUT2D eigenvalue weighted by Gasteiger charge is -2.19. The third-order valence-electron chi connectivity index (χ3n) is 2.51. The lowest BCUT2D eigenvalue weighted by Crippen LogP contribution is -2.31. The first-order valence-corrected chi connectivity index (χ1v) is 5.96. The molecule has 1 atom stereocenters. The third kappa shape index (κ3) is 5.25. The van der Waals surface area contributed by atoms with Crippen molar-refractivity contribution in [2.45, 2.75) is 12.7 Å². The number of carbonyl (C=O) groups is 1. The molecule has 1 aromatic carbocycles. The van der Waals surface area contributed by atoms with Crippen LogP contribution in [-0.4, -0.2) is 32.8 Å². The van der Waals surface area contributed by atoms with E-state index in [9.17, 15) is 13.6 Å². The van der Waals surface area contributed by atoms with Crippen LogP contribution in [0.4, 0.5) is 8.78 Å². The summed E-state index contributed by atoms with van der Waals surface area (Å²) < 4.78 is 33.8. The molecule has 0 spiro atoms. The number of hydrogen-bond acceptors (Lipinski definition) is 5. The maximum absolute atomic E-state index is 12.4. The molecule has 0 aliphatic rings. The maximum Gasteiger partial charge on any atom is 0.387 e. The Kier molecular flexibility index (Phi) is 6.93. The Bertz CT molecular complexity index is 521. The molecule has 21 heavy (non-hydrogen) atoms. The molecule has 0 saturated carbocycles. The molecule has 0 heterocycles. The van der Waals surface area contributed by atoms with Gasteiger partial charge in [-0.1, -0.05) is 23.3 Å². The van der Waals surface area contributed by atoms with Gasteiger partial charge in [0.2, 0.25) is 0 Å². The molecule has 0 aliphatic carbocycles. The molecule has 9 heteroatoms. The number of para-hydroxylation sites is 1. The molecular formula is C12H14F2N4O3. The second-order valence-electron chi connectivity index (χ2n) is 3.78. The van der Waals surface area contributed by atoms with E-state index in [-0.39, 0.29) is 24.4 Å². The largest absolute Gasteiger partial charge is 0.468 e. The Morgan fingerprint density at radius 3 is 2.81 bits per heavy atom. The maximum atomic E-state index is 12.4. The van der Waals surface area contributed by atoms with Crippen LogP contribution in [0.25, 0.3) is 10.4 Å². The van der Waals surface area contributed by atoms with Crippen molar-refractivity contribution >= 4 is 5.97 Å². The highest BCUT2D eigenvalue weighted by molar-refractivity contribution is 5.78. The lowest BCUT2D eigenvalue weighted by atomic mass is 10.1. The summed E-state index contributed by atoms with van der Waals surface area (Å²) in [5.74, 6) is -0.791. The fourth-order valence-corrected chi connectivity index (χ4v) is 1.66. The van der Waals surface area contributed by atoms with Gasteiger partial charge in [-0.3, -0.25) is 0 Å². The molecule has 0 aliphatic heterocycles. The predicted octanol–water partition coefficient (Wildman–Crippen LogP) is 2.40. The van der Waals surface area contributed by atoms with Crippen molar-refractivity contribution in [3.63, 3.8) is 0 Å². The van der Waals surface area contributed by atoms with Crippen LogP contribution < -0.4 is 10.1 Å². The van der Waals surface area contributed by atoms with Crippen molar-refractivity contribution in [2.75, 3.05) is 20.2 Å². The average Bonchev–Trinajstić information content (AvgIpc) is 2.47. The van der Waals surface area contributed by atoms with Crippen molar-refractivity contribution in [3.05, 3.63) is 40.3 Å². The van der Waals surface area contributed by atoms with Gasteiger partial charge in [0, 0.05) is 23.6 Å². The van der Waals surface area contributed by atoms with E-state index in [1.54, 1.807) is 6.07 Å². The van der Waals surface area contributed by atoms with E-state index in [0.717, 1.165) is 0 Å². The highest BCUT2D eigenvalue weighted by atomic mass is 19.3. The van der Waals surface area contributed by atoms with E-state index < -0.39 is 18.6 Å². The minimum Gasteiger partial charge on any atom is -0.468 e. The minimum absolute atomic E-state index is 0.0991. The number of methoxy groups -OCH3 is 1. The molecule has 1 unspecified atom stereocenters. The van der Waals surface area contributed by atoms with Gasteiger partial charge >= 0.3 is 12.6 Å². The summed E-state index contributed by atoms with van der Waals surface area (Å²) in [6.07, 6.45) is 0. The number of alkyl halides is 2. The fraction of sp³-hybridized carbons (Fsp3) is 0.417. The molecule has 0 saturated heterocycles. The van der Waals surface area contributed by atoms with E-state index in [2.05, 4.69) is 24.8 Å². The van der Waals surface area contributed by atoms with Crippen LogP contribution in [-0.2, 0) is 9.53 Å². The topological polar surface area (TPSA) is 96.3 Å². The monoisotopic (exact) mass is 300 g/mol. The number of carbonyl (C=O) groups excluding carboxylic acids is 1. The van der Waals surface area contributed by atoms with E-state index in [0.29, 0.717) is 0 Å². The van der Waals surface area contributed by atoms with Gasteiger partial charge in [-0.2, -0.15) is 8.78 Å². The number of hydrogen-bond donors (Lipinski definition) is 1. The third-order valence-corrected chi connectivity index (χ3v) is 2.51. The molecule has 0 bridgehead atoms. The van der Waals surface area contributed by atoms with E-state index >= 15 is 0 Å². The van der Waals surface area contributed by atoms with E-state index in [4.69, 9.17) is 5.53 Å². The molecule has 0 fully saturated rings. The summed E-state index contributed by atoms with van der Waals surface area (Å²) in [6.45, 7) is -2.73. The summed E-state index contributed by atoms with van der Waals surface area (Å²) >= 11 is 0. The Morgan fingerprint density at radius 2 is 2.19 bits per heavy atom. The molecule has 1 aromatic rings. The first-order chi connectivity index (χ1) is 10.1. The lowest BCUT2D eigenvalue weighted by molar-refractivity contribution is -0.143. The van der Waals surface area contributed by atoms with Crippen molar-refractivity contribution in [1.82, 2.24) is 5.32 Å². The van der Waals surface area contributed by atoms with Crippen LogP contribution in [0.1, 0.15) is 11.6 Å². The number of benzene rings is 1. The van der Waals surface area contributed by atoms with Crippen LogP contribution in [0.3, 0.4) is 0 Å². The summed E-state index contributed by atoms with van der Waals surface area (Å²) in [5, 5.41) is 6.08. The van der Waals surface area contributed by atoms with Crippen molar-refractivity contribution in [1.29, 1.82) is 0 Å². The zero-order valence-electron chi connectivity index (χ0n) is 11.2. The Hall–Kier alpha value is -2.38. The molecule has 1 rings (SSSR count). The van der Waals surface area contributed by atoms with Gasteiger partial charge in [-0.25, -0.2) is 4.79 Å². The van der Waals surface area contributed by atoms with Gasteiger partial charge in [-0.05, 0) is 11.6 Å². The number of rotatable bonds is 8. The van der Waals surface area contributed by atoms with E-state index in [1.165, 1.54) is 25.3 Å². The summed E-state index contributed by atoms with van der Waals surface area (Å²) in [7, 11) is 1.18. The highest BCUT2D eigenvalue weighted by Gasteiger charge is 2.25. The number of halogens is 2. The summed E-state index contributed by atoms with van der Waals surface area (Å²) in [4.78, 5) is 14.4. The van der Waals surface area contributed by atoms with Crippen LogP contribution in [0.5, 0.6) is 5.75 Å². The number of azide groups is 1. The smallest absolute Gasteiger partial charge is 0.387 e. The molecular weight excluding hydrogens is 286 g/mol. The van der Waals surface area contributed by atoms with Gasteiger partial charge in [0.25, 0.3) is 0 Å². The Balaban J connectivity index is 2.96. The normalized spacial score (nSPS) is 11.6. The van der Waals surface area contributed by atoms with Crippen LogP contribution >= 0.6 is 0 Å². The quantitative estimate of drug-likeness (QED) is 0.262. The van der Waals surface area contributed by atoms with Crippen LogP contribution in [0, 0.1) is 0 Å².